The second kappa shape index (κ2) is 7.33. The molecule has 0 saturated heterocycles. The Morgan fingerprint density at radius 1 is 1.32 bits per heavy atom. The minimum absolute atomic E-state index is 0.0582. The van der Waals surface area contributed by atoms with E-state index in [-0.39, 0.29) is 17.6 Å². The molecule has 2 aromatic rings. The summed E-state index contributed by atoms with van der Waals surface area (Å²) in [7, 11) is 1.54. The van der Waals surface area contributed by atoms with Crippen LogP contribution in [0, 0.1) is 6.92 Å². The van der Waals surface area contributed by atoms with Crippen LogP contribution in [0.3, 0.4) is 0 Å². The molecule has 1 aromatic carbocycles. The highest BCUT2D eigenvalue weighted by atomic mass is 35.5. The van der Waals surface area contributed by atoms with E-state index in [0.29, 0.717) is 22.1 Å². The second-order valence-corrected chi connectivity index (χ2v) is 5.31. The van der Waals surface area contributed by atoms with Crippen molar-refractivity contribution in [2.45, 2.75) is 6.92 Å². The number of hydrogen-bond acceptors (Lipinski definition) is 4. The van der Waals surface area contributed by atoms with E-state index in [9.17, 15) is 4.79 Å². The highest BCUT2D eigenvalue weighted by Crippen LogP contribution is 2.30. The average molecular weight is 340 g/mol. The molecule has 0 saturated carbocycles. The maximum absolute atomic E-state index is 12.0. The third kappa shape index (κ3) is 4.02. The Kier molecular flexibility index (Phi) is 5.46. The van der Waals surface area contributed by atoms with Crippen molar-refractivity contribution in [1.29, 1.82) is 0 Å². The Labute approximate surface area is 138 Å². The highest BCUT2D eigenvalue weighted by molar-refractivity contribution is 6.32. The minimum Gasteiger partial charge on any atom is -0.495 e. The maximum atomic E-state index is 12.0. The van der Waals surface area contributed by atoms with Gasteiger partial charge in [-0.05, 0) is 30.7 Å². The second-order valence-electron chi connectivity index (χ2n) is 4.55. The predicted molar refractivity (Wildman–Crippen MR) is 89.1 cm³/mol. The summed E-state index contributed by atoms with van der Waals surface area (Å²) in [6.45, 7) is 1.94. The van der Waals surface area contributed by atoms with Gasteiger partial charge < -0.3 is 15.4 Å². The van der Waals surface area contributed by atoms with Gasteiger partial charge in [0.2, 0.25) is 5.91 Å². The molecule has 0 spiro atoms. The average Bonchev–Trinajstić information content (AvgIpc) is 2.50. The molecule has 1 heterocycles. The summed E-state index contributed by atoms with van der Waals surface area (Å²) >= 11 is 11.9. The Balaban J connectivity index is 2.02. The normalized spacial score (nSPS) is 10.2. The molecule has 0 atom stereocenters. The Hall–Kier alpha value is -1.98. The number of rotatable bonds is 5. The molecule has 5 nitrogen and oxygen atoms in total. The van der Waals surface area contributed by atoms with E-state index < -0.39 is 0 Å². The Morgan fingerprint density at radius 2 is 2.09 bits per heavy atom. The Bertz CT molecular complexity index is 692. The zero-order chi connectivity index (χ0) is 16.1. The molecule has 1 aromatic heterocycles. The third-order valence-corrected chi connectivity index (χ3v) is 3.66. The molecule has 0 radical (unpaired) electrons. The molecule has 0 aliphatic rings. The summed E-state index contributed by atoms with van der Waals surface area (Å²) in [5.41, 5.74) is 2.05. The topological polar surface area (TPSA) is 63.2 Å². The SMILES string of the molecule is COc1cc(Cl)c(C)cc1NCC(=O)Nc1cccnc1Cl. The molecule has 1 amide bonds. The molecular weight excluding hydrogens is 325 g/mol. The predicted octanol–water partition coefficient (Wildman–Crippen LogP) is 3.76. The standard InChI is InChI=1S/C15H15Cl2N3O2/c1-9-6-12(13(22-2)7-10(9)16)19-8-14(21)20-11-4-3-5-18-15(11)17/h3-7,19H,8H2,1-2H3,(H,20,21). The molecule has 116 valence electrons. The lowest BCUT2D eigenvalue weighted by Crippen LogP contribution is -2.22. The number of nitrogens with one attached hydrogen (secondary N) is 2. The number of amides is 1. The van der Waals surface area contributed by atoms with Crippen LogP contribution in [0.5, 0.6) is 5.75 Å². The van der Waals surface area contributed by atoms with Gasteiger partial charge in [-0.3, -0.25) is 4.79 Å². The smallest absolute Gasteiger partial charge is 0.243 e. The fourth-order valence-corrected chi connectivity index (χ4v) is 2.14. The van der Waals surface area contributed by atoms with Crippen molar-refractivity contribution < 1.29 is 9.53 Å². The van der Waals surface area contributed by atoms with Gasteiger partial charge in [-0.2, -0.15) is 0 Å². The van der Waals surface area contributed by atoms with Crippen molar-refractivity contribution in [1.82, 2.24) is 4.98 Å². The van der Waals surface area contributed by atoms with E-state index in [1.807, 2.05) is 13.0 Å². The minimum atomic E-state index is -0.246. The number of aryl methyl sites for hydroxylation is 1. The number of nitrogens with zero attached hydrogens (tertiary/aromatic N) is 1. The Morgan fingerprint density at radius 3 is 2.77 bits per heavy atom. The maximum Gasteiger partial charge on any atom is 0.243 e. The van der Waals surface area contributed by atoms with Gasteiger partial charge in [-0.25, -0.2) is 4.98 Å². The summed E-state index contributed by atoms with van der Waals surface area (Å²) in [5.74, 6) is 0.326. The fourth-order valence-electron chi connectivity index (χ4n) is 1.82. The van der Waals surface area contributed by atoms with Gasteiger partial charge in [-0.1, -0.05) is 23.2 Å². The van der Waals surface area contributed by atoms with Crippen molar-refractivity contribution >= 4 is 40.5 Å². The highest BCUT2D eigenvalue weighted by Gasteiger charge is 2.10. The number of carbonyl (C=O) groups excluding carboxylic acids is 1. The van der Waals surface area contributed by atoms with Crippen LogP contribution >= 0.6 is 23.2 Å². The fraction of sp³-hybridized carbons (Fsp3) is 0.200. The lowest BCUT2D eigenvalue weighted by Gasteiger charge is -2.13. The molecular formula is C15H15Cl2N3O2. The summed E-state index contributed by atoms with van der Waals surface area (Å²) in [4.78, 5) is 15.9. The number of aromatic nitrogens is 1. The van der Waals surface area contributed by atoms with Crippen LogP contribution in [0.1, 0.15) is 5.56 Å². The van der Waals surface area contributed by atoms with E-state index >= 15 is 0 Å². The number of benzene rings is 1. The van der Waals surface area contributed by atoms with Crippen molar-refractivity contribution in [3.8, 4) is 5.75 Å². The molecule has 0 bridgehead atoms. The number of carbonyl (C=O) groups is 1. The van der Waals surface area contributed by atoms with Crippen LogP contribution in [0.15, 0.2) is 30.5 Å². The lowest BCUT2D eigenvalue weighted by molar-refractivity contribution is -0.114. The summed E-state index contributed by atoms with van der Waals surface area (Å²) in [5, 5.41) is 6.55. The van der Waals surface area contributed by atoms with Crippen LogP contribution in [0.25, 0.3) is 0 Å². The zero-order valence-corrected chi connectivity index (χ0v) is 13.6. The molecule has 2 rings (SSSR count). The van der Waals surface area contributed by atoms with Crippen LogP contribution in [0.4, 0.5) is 11.4 Å². The van der Waals surface area contributed by atoms with Gasteiger partial charge in [-0.15, -0.1) is 0 Å². The molecule has 7 heteroatoms. The van der Waals surface area contributed by atoms with Gasteiger partial charge in [0.1, 0.15) is 5.75 Å². The van der Waals surface area contributed by atoms with Crippen molar-refractivity contribution in [3.05, 3.63) is 46.2 Å². The number of methoxy groups -OCH3 is 1. The molecule has 0 unspecified atom stereocenters. The summed E-state index contributed by atoms with van der Waals surface area (Å²) in [6, 6.07) is 6.90. The quantitative estimate of drug-likeness (QED) is 0.814. The van der Waals surface area contributed by atoms with Gasteiger partial charge in [0.05, 0.1) is 25.0 Å². The monoisotopic (exact) mass is 339 g/mol. The van der Waals surface area contributed by atoms with E-state index in [4.69, 9.17) is 27.9 Å². The summed E-state index contributed by atoms with van der Waals surface area (Å²) < 4.78 is 5.24. The van der Waals surface area contributed by atoms with Gasteiger partial charge in [0.25, 0.3) is 0 Å². The molecule has 22 heavy (non-hydrogen) atoms. The van der Waals surface area contributed by atoms with E-state index in [1.165, 1.54) is 0 Å². The number of anilines is 2. The van der Waals surface area contributed by atoms with Gasteiger partial charge >= 0.3 is 0 Å². The first kappa shape index (κ1) is 16.4. The first-order valence-corrected chi connectivity index (χ1v) is 7.25. The van der Waals surface area contributed by atoms with Crippen molar-refractivity contribution in [2.75, 3.05) is 24.3 Å². The first-order valence-electron chi connectivity index (χ1n) is 6.49. The van der Waals surface area contributed by atoms with Crippen molar-refractivity contribution in [2.24, 2.45) is 0 Å². The summed E-state index contributed by atoms with van der Waals surface area (Å²) in [6.07, 6.45) is 1.55. The zero-order valence-electron chi connectivity index (χ0n) is 12.1. The number of ether oxygens (including phenoxy) is 1. The van der Waals surface area contributed by atoms with Crippen molar-refractivity contribution in [3.63, 3.8) is 0 Å². The van der Waals surface area contributed by atoms with Gasteiger partial charge in [0, 0.05) is 17.3 Å². The molecule has 0 fully saturated rings. The van der Waals surface area contributed by atoms with Crippen LogP contribution in [-0.2, 0) is 4.79 Å². The number of pyridine rings is 1. The van der Waals surface area contributed by atoms with Crippen LogP contribution < -0.4 is 15.4 Å². The molecule has 0 aliphatic heterocycles. The number of halogens is 2. The van der Waals surface area contributed by atoms with E-state index in [0.717, 1.165) is 5.56 Å². The third-order valence-electron chi connectivity index (χ3n) is 2.95. The first-order chi connectivity index (χ1) is 10.5. The largest absolute Gasteiger partial charge is 0.495 e. The van der Waals surface area contributed by atoms with Crippen LogP contribution in [-0.4, -0.2) is 24.5 Å². The number of hydrogen-bond donors (Lipinski definition) is 2. The van der Waals surface area contributed by atoms with Crippen LogP contribution in [0.2, 0.25) is 10.2 Å². The molecule has 0 aliphatic carbocycles. The van der Waals surface area contributed by atoms with Gasteiger partial charge in [0.15, 0.2) is 5.15 Å². The molecule has 2 N–H and O–H groups in total. The lowest BCUT2D eigenvalue weighted by atomic mass is 10.2. The van der Waals surface area contributed by atoms with E-state index in [1.54, 1.807) is 31.5 Å². The van der Waals surface area contributed by atoms with E-state index in [2.05, 4.69) is 15.6 Å².